The van der Waals surface area contributed by atoms with Gasteiger partial charge in [0.25, 0.3) is 0 Å². The molecule has 0 saturated heterocycles. The minimum absolute atomic E-state index is 0.671. The molecule has 1 N–H and O–H groups in total. The first-order valence-electron chi connectivity index (χ1n) is 6.91. The smallest absolute Gasteiger partial charge is 0.128 e. The molecule has 0 fully saturated rings. The number of thiophene rings is 1. The SMILES string of the molecule is COc1c(C(O)c2csc3ccccc23)ccc(C)c1C. The maximum absolute atomic E-state index is 10.8. The standard InChI is InChI=1S/C18H18O2S/c1-11-8-9-14(18(20-3)12(11)2)17(19)15-10-21-16-7-5-4-6-13(15)16/h4-10,17,19H,1-3H3. The summed E-state index contributed by atoms with van der Waals surface area (Å²) in [4.78, 5) is 0. The highest BCUT2D eigenvalue weighted by atomic mass is 32.1. The Balaban J connectivity index is 2.14. The summed E-state index contributed by atoms with van der Waals surface area (Å²) in [6.07, 6.45) is -0.671. The van der Waals surface area contributed by atoms with Crippen molar-refractivity contribution < 1.29 is 9.84 Å². The summed E-state index contributed by atoms with van der Waals surface area (Å²) in [6.45, 7) is 4.07. The molecule has 0 aliphatic carbocycles. The molecule has 0 aliphatic rings. The van der Waals surface area contributed by atoms with Gasteiger partial charge in [0.05, 0.1) is 7.11 Å². The number of ether oxygens (including phenoxy) is 1. The molecular formula is C18H18O2S. The molecule has 0 aliphatic heterocycles. The zero-order valence-corrected chi connectivity index (χ0v) is 13.2. The van der Waals surface area contributed by atoms with Gasteiger partial charge in [-0.25, -0.2) is 0 Å². The normalized spacial score (nSPS) is 12.6. The lowest BCUT2D eigenvalue weighted by molar-refractivity contribution is 0.216. The zero-order chi connectivity index (χ0) is 15.0. The largest absolute Gasteiger partial charge is 0.496 e. The van der Waals surface area contributed by atoms with E-state index in [1.165, 1.54) is 4.70 Å². The number of aryl methyl sites for hydroxylation is 1. The molecule has 1 aromatic heterocycles. The van der Waals surface area contributed by atoms with Crippen molar-refractivity contribution in [2.24, 2.45) is 0 Å². The number of aliphatic hydroxyl groups is 1. The van der Waals surface area contributed by atoms with E-state index >= 15 is 0 Å². The van der Waals surface area contributed by atoms with E-state index in [4.69, 9.17) is 4.74 Å². The number of hydrogen-bond donors (Lipinski definition) is 1. The van der Waals surface area contributed by atoms with Gasteiger partial charge in [-0.2, -0.15) is 0 Å². The number of hydrogen-bond acceptors (Lipinski definition) is 3. The Morgan fingerprint density at radius 3 is 2.57 bits per heavy atom. The summed E-state index contributed by atoms with van der Waals surface area (Å²) >= 11 is 1.66. The molecule has 108 valence electrons. The van der Waals surface area contributed by atoms with E-state index in [0.29, 0.717) is 0 Å². The van der Waals surface area contributed by atoms with Gasteiger partial charge in [0.1, 0.15) is 11.9 Å². The lowest BCUT2D eigenvalue weighted by Crippen LogP contribution is -2.04. The van der Waals surface area contributed by atoms with Gasteiger partial charge in [0, 0.05) is 15.8 Å². The number of fused-ring (bicyclic) bond motifs is 1. The van der Waals surface area contributed by atoms with Crippen LogP contribution in [0.5, 0.6) is 5.75 Å². The summed E-state index contributed by atoms with van der Waals surface area (Å²) in [7, 11) is 1.66. The Kier molecular flexibility index (Phi) is 3.70. The van der Waals surface area contributed by atoms with Crippen LogP contribution in [-0.2, 0) is 0 Å². The lowest BCUT2D eigenvalue weighted by atomic mass is 9.96. The molecule has 0 spiro atoms. The van der Waals surface area contributed by atoms with Crippen molar-refractivity contribution in [1.82, 2.24) is 0 Å². The van der Waals surface area contributed by atoms with E-state index in [1.54, 1.807) is 18.4 Å². The Labute approximate surface area is 128 Å². The van der Waals surface area contributed by atoms with Crippen LogP contribution in [-0.4, -0.2) is 12.2 Å². The second kappa shape index (κ2) is 5.51. The number of aliphatic hydroxyl groups excluding tert-OH is 1. The number of benzene rings is 2. The fourth-order valence-electron chi connectivity index (χ4n) is 2.67. The average molecular weight is 298 g/mol. The molecule has 21 heavy (non-hydrogen) atoms. The number of methoxy groups -OCH3 is 1. The number of rotatable bonds is 3. The van der Waals surface area contributed by atoms with E-state index in [2.05, 4.69) is 12.1 Å². The molecule has 2 nitrogen and oxygen atoms in total. The van der Waals surface area contributed by atoms with Crippen molar-refractivity contribution >= 4 is 21.4 Å². The molecule has 3 heteroatoms. The van der Waals surface area contributed by atoms with Crippen LogP contribution in [0.3, 0.4) is 0 Å². The molecule has 1 heterocycles. The van der Waals surface area contributed by atoms with Crippen molar-refractivity contribution in [2.45, 2.75) is 20.0 Å². The first-order valence-corrected chi connectivity index (χ1v) is 7.79. The predicted molar refractivity (Wildman–Crippen MR) is 88.4 cm³/mol. The zero-order valence-electron chi connectivity index (χ0n) is 12.4. The van der Waals surface area contributed by atoms with Crippen molar-refractivity contribution in [2.75, 3.05) is 7.11 Å². The minimum Gasteiger partial charge on any atom is -0.496 e. The third-order valence-corrected chi connectivity index (χ3v) is 4.99. The van der Waals surface area contributed by atoms with Crippen LogP contribution in [0.1, 0.15) is 28.4 Å². The Hall–Kier alpha value is -1.84. The third kappa shape index (κ3) is 2.33. The van der Waals surface area contributed by atoms with Crippen LogP contribution >= 0.6 is 11.3 Å². The van der Waals surface area contributed by atoms with Crippen molar-refractivity contribution in [3.05, 3.63) is 64.0 Å². The fourth-order valence-corrected chi connectivity index (χ4v) is 3.65. The second-order valence-electron chi connectivity index (χ2n) is 5.22. The molecule has 3 aromatic rings. The van der Waals surface area contributed by atoms with Gasteiger partial charge in [-0.3, -0.25) is 0 Å². The molecular weight excluding hydrogens is 280 g/mol. The van der Waals surface area contributed by atoms with E-state index in [1.807, 2.05) is 43.5 Å². The van der Waals surface area contributed by atoms with Crippen LogP contribution in [0.2, 0.25) is 0 Å². The maximum atomic E-state index is 10.8. The minimum atomic E-state index is -0.671. The molecule has 2 aromatic carbocycles. The Bertz CT molecular complexity index is 789. The van der Waals surface area contributed by atoms with Crippen LogP contribution < -0.4 is 4.74 Å². The van der Waals surface area contributed by atoms with Gasteiger partial charge in [-0.15, -0.1) is 11.3 Å². The first kappa shape index (κ1) is 14.1. The summed E-state index contributed by atoms with van der Waals surface area (Å²) in [5.41, 5.74) is 4.01. The highest BCUT2D eigenvalue weighted by molar-refractivity contribution is 7.17. The van der Waals surface area contributed by atoms with Gasteiger partial charge >= 0.3 is 0 Å². The van der Waals surface area contributed by atoms with Crippen LogP contribution in [0.15, 0.2) is 41.8 Å². The van der Waals surface area contributed by atoms with Gasteiger partial charge in [0.2, 0.25) is 0 Å². The van der Waals surface area contributed by atoms with Crippen molar-refractivity contribution in [1.29, 1.82) is 0 Å². The van der Waals surface area contributed by atoms with Gasteiger partial charge in [-0.05, 0) is 41.8 Å². The van der Waals surface area contributed by atoms with E-state index in [9.17, 15) is 5.11 Å². The topological polar surface area (TPSA) is 29.5 Å². The Morgan fingerprint density at radius 1 is 1.05 bits per heavy atom. The second-order valence-corrected chi connectivity index (χ2v) is 6.13. The van der Waals surface area contributed by atoms with Crippen LogP contribution in [0.4, 0.5) is 0 Å². The lowest BCUT2D eigenvalue weighted by Gasteiger charge is -2.18. The molecule has 3 rings (SSSR count). The molecule has 0 bridgehead atoms. The quantitative estimate of drug-likeness (QED) is 0.765. The fraction of sp³-hybridized carbons (Fsp3) is 0.222. The third-order valence-electron chi connectivity index (χ3n) is 4.01. The monoisotopic (exact) mass is 298 g/mol. The van der Waals surface area contributed by atoms with Gasteiger partial charge in [-0.1, -0.05) is 30.3 Å². The maximum Gasteiger partial charge on any atom is 0.128 e. The van der Waals surface area contributed by atoms with E-state index in [-0.39, 0.29) is 0 Å². The van der Waals surface area contributed by atoms with Gasteiger partial charge in [0.15, 0.2) is 0 Å². The van der Waals surface area contributed by atoms with Crippen LogP contribution in [0.25, 0.3) is 10.1 Å². The molecule has 1 atom stereocenters. The van der Waals surface area contributed by atoms with Crippen molar-refractivity contribution in [3.8, 4) is 5.75 Å². The van der Waals surface area contributed by atoms with Crippen molar-refractivity contribution in [3.63, 3.8) is 0 Å². The van der Waals surface area contributed by atoms with Gasteiger partial charge < -0.3 is 9.84 Å². The highest BCUT2D eigenvalue weighted by Gasteiger charge is 2.20. The molecule has 0 radical (unpaired) electrons. The summed E-state index contributed by atoms with van der Waals surface area (Å²) in [6, 6.07) is 12.1. The summed E-state index contributed by atoms with van der Waals surface area (Å²) < 4.78 is 6.72. The molecule has 0 saturated carbocycles. The summed E-state index contributed by atoms with van der Waals surface area (Å²) in [5, 5.41) is 14.0. The highest BCUT2D eigenvalue weighted by Crippen LogP contribution is 2.38. The van der Waals surface area contributed by atoms with Crippen LogP contribution in [0, 0.1) is 13.8 Å². The average Bonchev–Trinajstić information content (AvgIpc) is 2.93. The Morgan fingerprint density at radius 2 is 1.81 bits per heavy atom. The molecule has 1 unspecified atom stereocenters. The summed E-state index contributed by atoms with van der Waals surface area (Å²) in [5.74, 6) is 0.776. The van der Waals surface area contributed by atoms with E-state index in [0.717, 1.165) is 33.4 Å². The molecule has 0 amide bonds. The first-order chi connectivity index (χ1) is 10.1. The van der Waals surface area contributed by atoms with E-state index < -0.39 is 6.10 Å². The predicted octanol–water partition coefficient (Wildman–Crippen LogP) is 4.61.